The third-order valence-electron chi connectivity index (χ3n) is 4.48. The fraction of sp³-hybridized carbons (Fsp3) is 0.450. The molecule has 0 bridgehead atoms. The van der Waals surface area contributed by atoms with Crippen molar-refractivity contribution in [2.24, 2.45) is 5.92 Å². The largest absolute Gasteiger partial charge is 0.338 e. The van der Waals surface area contributed by atoms with E-state index in [1.165, 1.54) is 11.8 Å². The zero-order valence-electron chi connectivity index (χ0n) is 17.5. The van der Waals surface area contributed by atoms with Crippen LogP contribution in [0, 0.1) is 5.92 Å². The number of rotatable bonds is 7. The minimum atomic E-state index is -0.590. The van der Waals surface area contributed by atoms with Crippen LogP contribution in [-0.2, 0) is 11.3 Å². The molecule has 160 valence electrons. The summed E-state index contributed by atoms with van der Waals surface area (Å²) in [5, 5.41) is 13.9. The van der Waals surface area contributed by atoms with Crippen molar-refractivity contribution >= 4 is 40.4 Å². The van der Waals surface area contributed by atoms with E-state index in [1.54, 1.807) is 22.0 Å². The van der Waals surface area contributed by atoms with Crippen LogP contribution in [0.5, 0.6) is 0 Å². The average Bonchev–Trinajstić information content (AvgIpc) is 3.13. The van der Waals surface area contributed by atoms with Crippen molar-refractivity contribution in [3.63, 3.8) is 0 Å². The summed E-state index contributed by atoms with van der Waals surface area (Å²) in [5.74, 6) is 0.295. The Labute approximate surface area is 178 Å². The number of para-hydroxylation sites is 1. The molecule has 0 fully saturated rings. The van der Waals surface area contributed by atoms with Crippen molar-refractivity contribution in [2.45, 2.75) is 51.1 Å². The summed E-state index contributed by atoms with van der Waals surface area (Å²) in [6.45, 7) is 8.62. The molecule has 3 rings (SSSR count). The highest BCUT2D eigenvalue weighted by atomic mass is 32.2. The standard InChI is InChI=1S/C20H26N6O3S/c1-5-10-25-17(28)14-8-6-7-9-15(14)26-19(25)23-24-20(26)30-13(4)16(27)22-18(29)21-11-12(2)3/h6-9,12-13H,5,10-11H2,1-4H3,(H2,21,22,27,29). The lowest BCUT2D eigenvalue weighted by atomic mass is 10.2. The van der Waals surface area contributed by atoms with E-state index < -0.39 is 17.2 Å². The Balaban J connectivity index is 1.91. The van der Waals surface area contributed by atoms with Gasteiger partial charge in [0.1, 0.15) is 0 Å². The topological polar surface area (TPSA) is 110 Å². The van der Waals surface area contributed by atoms with Crippen LogP contribution in [0.3, 0.4) is 0 Å². The van der Waals surface area contributed by atoms with Crippen molar-refractivity contribution in [3.8, 4) is 0 Å². The average molecular weight is 431 g/mol. The summed E-state index contributed by atoms with van der Waals surface area (Å²) >= 11 is 1.18. The lowest BCUT2D eigenvalue weighted by molar-refractivity contribution is -0.119. The maximum Gasteiger partial charge on any atom is 0.321 e. The van der Waals surface area contributed by atoms with Crippen LogP contribution in [0.15, 0.2) is 34.2 Å². The molecule has 2 aromatic heterocycles. The van der Waals surface area contributed by atoms with E-state index in [0.717, 1.165) is 6.42 Å². The third-order valence-corrected chi connectivity index (χ3v) is 5.53. The van der Waals surface area contributed by atoms with Gasteiger partial charge in [0.2, 0.25) is 11.7 Å². The highest BCUT2D eigenvalue weighted by Gasteiger charge is 2.22. The van der Waals surface area contributed by atoms with Crippen molar-refractivity contribution in [1.82, 2.24) is 29.8 Å². The van der Waals surface area contributed by atoms with Crippen LogP contribution < -0.4 is 16.2 Å². The first-order chi connectivity index (χ1) is 14.3. The van der Waals surface area contributed by atoms with E-state index in [4.69, 9.17) is 0 Å². The number of imide groups is 1. The summed E-state index contributed by atoms with van der Waals surface area (Å²) in [7, 11) is 0. The van der Waals surface area contributed by atoms with Crippen LogP contribution in [0.1, 0.15) is 34.1 Å². The predicted molar refractivity (Wildman–Crippen MR) is 117 cm³/mol. The van der Waals surface area contributed by atoms with Crippen LogP contribution >= 0.6 is 11.8 Å². The second-order valence-electron chi connectivity index (χ2n) is 7.45. The fourth-order valence-electron chi connectivity index (χ4n) is 3.00. The molecule has 10 heteroatoms. The minimum absolute atomic E-state index is 0.114. The van der Waals surface area contributed by atoms with Gasteiger partial charge in [-0.25, -0.2) is 4.79 Å². The fourth-order valence-corrected chi connectivity index (χ4v) is 3.86. The number of carbonyl (C=O) groups excluding carboxylic acids is 2. The lowest BCUT2D eigenvalue weighted by Gasteiger charge is -2.13. The molecule has 1 aromatic carbocycles. The Morgan fingerprint density at radius 1 is 1.17 bits per heavy atom. The number of thioether (sulfide) groups is 1. The number of aryl methyl sites for hydroxylation is 1. The number of benzene rings is 1. The molecule has 2 heterocycles. The SMILES string of the molecule is CCCn1c(=O)c2ccccc2n2c(SC(C)C(=O)NC(=O)NCC(C)C)nnc12. The highest BCUT2D eigenvalue weighted by molar-refractivity contribution is 8.00. The van der Waals surface area contributed by atoms with Crippen LogP contribution in [0.2, 0.25) is 0 Å². The maximum atomic E-state index is 12.9. The number of nitrogens with zero attached hydrogens (tertiary/aromatic N) is 4. The van der Waals surface area contributed by atoms with Gasteiger partial charge in [-0.15, -0.1) is 10.2 Å². The molecule has 0 saturated heterocycles. The molecule has 0 radical (unpaired) electrons. The molecule has 3 amide bonds. The molecule has 1 unspecified atom stereocenters. The smallest absolute Gasteiger partial charge is 0.321 e. The number of fused-ring (bicyclic) bond motifs is 3. The molecule has 0 aliphatic rings. The molecule has 2 N–H and O–H groups in total. The lowest BCUT2D eigenvalue weighted by Crippen LogP contribution is -2.43. The van der Waals surface area contributed by atoms with Gasteiger partial charge in [-0.05, 0) is 31.4 Å². The van der Waals surface area contributed by atoms with Crippen molar-refractivity contribution in [1.29, 1.82) is 0 Å². The minimum Gasteiger partial charge on any atom is -0.338 e. The number of hydrogen-bond donors (Lipinski definition) is 2. The molecule has 9 nitrogen and oxygen atoms in total. The molecule has 3 aromatic rings. The molecule has 0 spiro atoms. The van der Waals surface area contributed by atoms with E-state index in [9.17, 15) is 14.4 Å². The number of carbonyl (C=O) groups is 2. The number of urea groups is 1. The molecule has 0 aliphatic heterocycles. The second kappa shape index (κ2) is 9.29. The van der Waals surface area contributed by atoms with Crippen molar-refractivity contribution in [3.05, 3.63) is 34.6 Å². The highest BCUT2D eigenvalue weighted by Crippen LogP contribution is 2.25. The Hall–Kier alpha value is -2.88. The predicted octanol–water partition coefficient (Wildman–Crippen LogP) is 2.42. The van der Waals surface area contributed by atoms with E-state index in [2.05, 4.69) is 20.8 Å². The Bertz CT molecular complexity index is 1140. The quantitative estimate of drug-likeness (QED) is 0.557. The first kappa shape index (κ1) is 21.8. The van der Waals surface area contributed by atoms with E-state index in [1.807, 2.05) is 39.0 Å². The number of amides is 3. The summed E-state index contributed by atoms with van der Waals surface area (Å²) in [6.07, 6.45) is 0.771. The second-order valence-corrected chi connectivity index (χ2v) is 8.75. The van der Waals surface area contributed by atoms with Crippen LogP contribution in [0.25, 0.3) is 16.7 Å². The molecular weight excluding hydrogens is 404 g/mol. The van der Waals surface area contributed by atoms with Crippen molar-refractivity contribution in [2.75, 3.05) is 6.54 Å². The summed E-state index contributed by atoms with van der Waals surface area (Å²) in [5.41, 5.74) is 0.566. The van der Waals surface area contributed by atoms with E-state index in [-0.39, 0.29) is 11.5 Å². The summed E-state index contributed by atoms with van der Waals surface area (Å²) in [6, 6.07) is 6.74. The van der Waals surface area contributed by atoms with Gasteiger partial charge < -0.3 is 5.32 Å². The number of nitrogens with one attached hydrogen (secondary N) is 2. The summed E-state index contributed by atoms with van der Waals surface area (Å²) in [4.78, 5) is 37.2. The maximum absolute atomic E-state index is 12.9. The van der Waals surface area contributed by atoms with Gasteiger partial charge in [-0.1, -0.05) is 44.7 Å². The molecule has 1 atom stereocenters. The first-order valence-electron chi connectivity index (χ1n) is 9.95. The molecule has 0 aliphatic carbocycles. The number of hydrogen-bond acceptors (Lipinski definition) is 6. The zero-order chi connectivity index (χ0) is 21.8. The molecule has 30 heavy (non-hydrogen) atoms. The zero-order valence-corrected chi connectivity index (χ0v) is 18.3. The van der Waals surface area contributed by atoms with E-state index in [0.29, 0.717) is 34.9 Å². The molecule has 0 saturated carbocycles. The van der Waals surface area contributed by atoms with Gasteiger partial charge in [0.05, 0.1) is 16.2 Å². The van der Waals surface area contributed by atoms with Gasteiger partial charge in [0.25, 0.3) is 5.56 Å². The van der Waals surface area contributed by atoms with Crippen LogP contribution in [0.4, 0.5) is 4.79 Å². The van der Waals surface area contributed by atoms with Gasteiger partial charge in [-0.3, -0.25) is 23.9 Å². The Kier molecular flexibility index (Phi) is 6.76. The van der Waals surface area contributed by atoms with E-state index >= 15 is 0 Å². The first-order valence-corrected chi connectivity index (χ1v) is 10.8. The Morgan fingerprint density at radius 2 is 1.90 bits per heavy atom. The van der Waals surface area contributed by atoms with Gasteiger partial charge >= 0.3 is 6.03 Å². The monoisotopic (exact) mass is 430 g/mol. The normalized spacial score (nSPS) is 12.4. The third kappa shape index (κ3) is 4.48. The van der Waals surface area contributed by atoms with Crippen molar-refractivity contribution < 1.29 is 9.59 Å². The van der Waals surface area contributed by atoms with Gasteiger partial charge in [0.15, 0.2) is 5.16 Å². The molecular formula is C20H26N6O3S. The summed E-state index contributed by atoms with van der Waals surface area (Å²) < 4.78 is 3.39. The van der Waals surface area contributed by atoms with Crippen LogP contribution in [-0.4, -0.2) is 42.9 Å². The van der Waals surface area contributed by atoms with Gasteiger partial charge in [0, 0.05) is 13.1 Å². The Morgan fingerprint density at radius 3 is 2.60 bits per heavy atom. The number of aromatic nitrogens is 4. The van der Waals surface area contributed by atoms with Gasteiger partial charge in [-0.2, -0.15) is 0 Å².